The van der Waals surface area contributed by atoms with Crippen LogP contribution in [0.2, 0.25) is 0 Å². The SMILES string of the molecule is c1ccc(-c2cc(-n3c4c5c(ccc4c4ccc6ccccc6c43)C3(c4ccccc4S5)c4ccccc4-c4ccccc43)nc(-c3ccccc3)n2)cc1. The van der Waals surface area contributed by atoms with Gasteiger partial charge >= 0.3 is 0 Å². The minimum Gasteiger partial charge on any atom is -0.292 e. The Labute approximate surface area is 322 Å². The van der Waals surface area contributed by atoms with Gasteiger partial charge in [0.25, 0.3) is 0 Å². The Balaban J connectivity index is 1.27. The van der Waals surface area contributed by atoms with E-state index in [-0.39, 0.29) is 0 Å². The van der Waals surface area contributed by atoms with E-state index in [9.17, 15) is 0 Å². The first-order valence-electron chi connectivity index (χ1n) is 18.8. The van der Waals surface area contributed by atoms with Crippen LogP contribution in [-0.2, 0) is 5.41 Å². The fourth-order valence-corrected chi connectivity index (χ4v) is 10.7. The molecule has 12 rings (SSSR count). The van der Waals surface area contributed by atoms with Crippen LogP contribution in [0, 0.1) is 0 Å². The van der Waals surface area contributed by atoms with Crippen molar-refractivity contribution < 1.29 is 0 Å². The number of aromatic nitrogens is 3. The molecule has 1 aliphatic heterocycles. The molecule has 2 aromatic heterocycles. The van der Waals surface area contributed by atoms with Crippen LogP contribution in [0.1, 0.15) is 22.3 Å². The Morgan fingerprint density at radius 2 is 1.04 bits per heavy atom. The topological polar surface area (TPSA) is 30.7 Å². The molecule has 0 saturated carbocycles. The van der Waals surface area contributed by atoms with Crippen molar-refractivity contribution in [2.75, 3.05) is 0 Å². The molecule has 2 aliphatic rings. The number of nitrogens with zero attached hydrogens (tertiary/aromatic N) is 3. The quantitative estimate of drug-likeness (QED) is 0.182. The maximum atomic E-state index is 5.48. The van der Waals surface area contributed by atoms with Crippen molar-refractivity contribution >= 4 is 44.3 Å². The van der Waals surface area contributed by atoms with E-state index in [1.165, 1.54) is 70.2 Å². The van der Waals surface area contributed by atoms with Crippen molar-refractivity contribution in [2.45, 2.75) is 15.2 Å². The third kappa shape index (κ3) is 4.23. The number of hydrogen-bond acceptors (Lipinski definition) is 3. The Bertz CT molecular complexity index is 3080. The third-order valence-corrected chi connectivity index (χ3v) is 12.9. The van der Waals surface area contributed by atoms with Gasteiger partial charge in [-0.15, -0.1) is 0 Å². The van der Waals surface area contributed by atoms with E-state index in [1.807, 2.05) is 17.8 Å². The highest BCUT2D eigenvalue weighted by Gasteiger charge is 2.50. The molecule has 4 heteroatoms. The van der Waals surface area contributed by atoms with Crippen molar-refractivity contribution in [3.8, 4) is 39.6 Å². The molecule has 3 nitrogen and oxygen atoms in total. The largest absolute Gasteiger partial charge is 0.292 e. The van der Waals surface area contributed by atoms with Crippen LogP contribution in [0.15, 0.2) is 198 Å². The highest BCUT2D eigenvalue weighted by atomic mass is 32.2. The maximum Gasteiger partial charge on any atom is 0.162 e. The van der Waals surface area contributed by atoms with Gasteiger partial charge in [0.05, 0.1) is 22.1 Å². The summed E-state index contributed by atoms with van der Waals surface area (Å²) in [6.45, 7) is 0. The van der Waals surface area contributed by atoms with Crippen molar-refractivity contribution in [1.82, 2.24) is 14.5 Å². The second kappa shape index (κ2) is 11.6. The predicted octanol–water partition coefficient (Wildman–Crippen LogP) is 12.9. The Hall–Kier alpha value is -6.75. The van der Waals surface area contributed by atoms with Crippen LogP contribution in [0.25, 0.3) is 72.2 Å². The fourth-order valence-electron chi connectivity index (χ4n) is 9.42. The van der Waals surface area contributed by atoms with E-state index in [2.05, 4.69) is 187 Å². The van der Waals surface area contributed by atoms with E-state index in [4.69, 9.17) is 9.97 Å². The van der Waals surface area contributed by atoms with Gasteiger partial charge in [-0.2, -0.15) is 0 Å². The van der Waals surface area contributed by atoms with Gasteiger partial charge in [-0.1, -0.05) is 188 Å². The molecule has 0 atom stereocenters. The predicted molar refractivity (Wildman–Crippen MR) is 226 cm³/mol. The molecule has 0 unspecified atom stereocenters. The van der Waals surface area contributed by atoms with Crippen molar-refractivity contribution in [1.29, 1.82) is 0 Å². The lowest BCUT2D eigenvalue weighted by atomic mass is 9.67. The van der Waals surface area contributed by atoms with Gasteiger partial charge < -0.3 is 0 Å². The average molecular weight is 718 g/mol. The number of hydrogen-bond donors (Lipinski definition) is 0. The van der Waals surface area contributed by atoms with Crippen LogP contribution < -0.4 is 0 Å². The second-order valence-corrected chi connectivity index (χ2v) is 15.5. The van der Waals surface area contributed by atoms with Crippen molar-refractivity contribution in [2.24, 2.45) is 0 Å². The van der Waals surface area contributed by atoms with Gasteiger partial charge in [-0.05, 0) is 44.8 Å². The van der Waals surface area contributed by atoms with E-state index in [0.717, 1.165) is 28.2 Å². The molecular formula is C51H31N3S. The first-order chi connectivity index (χ1) is 27.3. The summed E-state index contributed by atoms with van der Waals surface area (Å²) in [6, 6.07) is 68.2. The first kappa shape index (κ1) is 30.7. The molecule has 0 bridgehead atoms. The lowest BCUT2D eigenvalue weighted by Crippen LogP contribution is -2.32. The minimum atomic E-state index is -0.488. The van der Waals surface area contributed by atoms with E-state index < -0.39 is 5.41 Å². The van der Waals surface area contributed by atoms with Crippen LogP contribution in [0.3, 0.4) is 0 Å². The number of fused-ring (bicyclic) bond motifs is 15. The van der Waals surface area contributed by atoms with Gasteiger partial charge in [0.1, 0.15) is 5.82 Å². The van der Waals surface area contributed by atoms with Gasteiger partial charge in [-0.25, -0.2) is 9.97 Å². The Kier molecular flexibility index (Phi) is 6.48. The van der Waals surface area contributed by atoms with Gasteiger partial charge in [-0.3, -0.25) is 4.57 Å². The van der Waals surface area contributed by atoms with Gasteiger partial charge in [0.15, 0.2) is 5.82 Å². The highest BCUT2D eigenvalue weighted by Crippen LogP contribution is 2.63. The van der Waals surface area contributed by atoms with Crippen LogP contribution >= 0.6 is 11.8 Å². The fraction of sp³-hybridized carbons (Fsp3) is 0.0196. The number of rotatable bonds is 3. The summed E-state index contributed by atoms with van der Waals surface area (Å²) in [5.74, 6) is 1.54. The molecule has 10 aromatic rings. The monoisotopic (exact) mass is 717 g/mol. The first-order valence-corrected chi connectivity index (χ1v) is 19.6. The minimum absolute atomic E-state index is 0.488. The molecule has 0 N–H and O–H groups in total. The molecule has 8 aromatic carbocycles. The molecule has 0 fully saturated rings. The highest BCUT2D eigenvalue weighted by molar-refractivity contribution is 7.99. The zero-order chi connectivity index (χ0) is 36.1. The van der Waals surface area contributed by atoms with Crippen LogP contribution in [-0.4, -0.2) is 14.5 Å². The summed E-state index contributed by atoms with van der Waals surface area (Å²) < 4.78 is 2.45. The molecule has 1 aliphatic carbocycles. The van der Waals surface area contributed by atoms with Crippen LogP contribution in [0.5, 0.6) is 0 Å². The zero-order valence-corrected chi connectivity index (χ0v) is 30.5. The second-order valence-electron chi connectivity index (χ2n) is 14.5. The molecule has 55 heavy (non-hydrogen) atoms. The van der Waals surface area contributed by atoms with Gasteiger partial charge in [0.2, 0.25) is 0 Å². The van der Waals surface area contributed by atoms with E-state index in [1.54, 1.807) is 0 Å². The third-order valence-electron chi connectivity index (χ3n) is 11.7. The summed E-state index contributed by atoms with van der Waals surface area (Å²) in [5, 5.41) is 4.81. The normalized spacial score (nSPS) is 13.5. The lowest BCUT2D eigenvalue weighted by molar-refractivity contribution is 0.724. The maximum absolute atomic E-state index is 5.48. The summed E-state index contributed by atoms with van der Waals surface area (Å²) in [6.07, 6.45) is 0. The lowest BCUT2D eigenvalue weighted by Gasteiger charge is -2.40. The van der Waals surface area contributed by atoms with Crippen molar-refractivity contribution in [3.63, 3.8) is 0 Å². The molecular weight excluding hydrogens is 687 g/mol. The summed E-state index contributed by atoms with van der Waals surface area (Å²) in [4.78, 5) is 13.2. The zero-order valence-electron chi connectivity index (χ0n) is 29.6. The summed E-state index contributed by atoms with van der Waals surface area (Å²) >= 11 is 1.89. The molecule has 256 valence electrons. The average Bonchev–Trinajstić information content (AvgIpc) is 3.76. The number of benzene rings is 8. The molecule has 3 heterocycles. The molecule has 0 amide bonds. The summed E-state index contributed by atoms with van der Waals surface area (Å²) in [7, 11) is 0. The van der Waals surface area contributed by atoms with Crippen LogP contribution in [0.4, 0.5) is 0 Å². The smallest absolute Gasteiger partial charge is 0.162 e. The standard InChI is InChI=1S/C51H31N3S/c1-3-16-33(17-4-1)44-31-46(53-50(52-44)34-18-5-2-6-19-34)54-47-35-20-8-7-15-32(35)27-28-38(47)39-29-30-43-49(48(39)54)55-45-26-14-13-25-42(45)51(43)40-23-11-9-21-36(40)37-22-10-12-24-41(37)51/h1-31H. The Morgan fingerprint density at radius 1 is 0.436 bits per heavy atom. The van der Waals surface area contributed by atoms with Gasteiger partial charge in [0, 0.05) is 43.1 Å². The summed E-state index contributed by atoms with van der Waals surface area (Å²) in [5.41, 5.74) is 12.6. The Morgan fingerprint density at radius 3 is 1.80 bits per heavy atom. The molecule has 0 radical (unpaired) electrons. The molecule has 1 spiro atoms. The van der Waals surface area contributed by atoms with E-state index >= 15 is 0 Å². The van der Waals surface area contributed by atoms with Crippen molar-refractivity contribution in [3.05, 3.63) is 210 Å². The molecule has 0 saturated heterocycles. The van der Waals surface area contributed by atoms with E-state index in [0.29, 0.717) is 5.82 Å².